The number of hydrogen-bond acceptors (Lipinski definition) is 4. The van der Waals surface area contributed by atoms with Crippen molar-refractivity contribution >= 4 is 39.6 Å². The molecule has 0 aliphatic heterocycles. The van der Waals surface area contributed by atoms with Crippen LogP contribution in [0.1, 0.15) is 12.6 Å². The quantitative estimate of drug-likeness (QED) is 0.470. The molecule has 4 nitrogen and oxygen atoms in total. The maximum atomic E-state index is 12.7. The summed E-state index contributed by atoms with van der Waals surface area (Å²) >= 11 is 3.06. The average molecular weight is 408 g/mol. The van der Waals surface area contributed by atoms with Gasteiger partial charge >= 0.3 is 5.51 Å². The highest BCUT2D eigenvalue weighted by Crippen LogP contribution is 2.39. The van der Waals surface area contributed by atoms with Crippen LogP contribution in [0.25, 0.3) is 5.65 Å². The molecule has 2 heterocycles. The third-order valence-corrected chi connectivity index (χ3v) is 3.68. The molecule has 23 heavy (non-hydrogen) atoms. The van der Waals surface area contributed by atoms with Crippen molar-refractivity contribution in [3.63, 3.8) is 0 Å². The number of hydrogen-bond donors (Lipinski definition) is 1. The summed E-state index contributed by atoms with van der Waals surface area (Å²) in [6, 6.07) is 3.36. The van der Waals surface area contributed by atoms with Crippen LogP contribution in [0.2, 0.25) is 0 Å². The third-order valence-electron chi connectivity index (χ3n) is 2.24. The molecule has 1 N–H and O–H groups in total. The van der Waals surface area contributed by atoms with E-state index < -0.39 is 5.51 Å². The van der Waals surface area contributed by atoms with Gasteiger partial charge < -0.3 is 10.1 Å². The van der Waals surface area contributed by atoms with Crippen LogP contribution >= 0.6 is 27.7 Å². The summed E-state index contributed by atoms with van der Waals surface area (Å²) in [6.07, 6.45) is 2.28. The Morgan fingerprint density at radius 3 is 2.74 bits per heavy atom. The Hall–Kier alpha value is -1.50. The van der Waals surface area contributed by atoms with Gasteiger partial charge in [-0.2, -0.15) is 13.2 Å². The number of aldehydes is 1. The van der Waals surface area contributed by atoms with Gasteiger partial charge in [-0.3, -0.25) is 4.40 Å². The molecule has 0 atom stereocenters. The molecule has 0 unspecified atom stereocenters. The molecule has 0 bridgehead atoms. The molecule has 0 fully saturated rings. The molecule has 9 heteroatoms. The van der Waals surface area contributed by atoms with Crippen molar-refractivity contribution < 1.29 is 18.0 Å². The van der Waals surface area contributed by atoms with Crippen molar-refractivity contribution in [3.8, 4) is 11.8 Å². The zero-order valence-electron chi connectivity index (χ0n) is 12.2. The van der Waals surface area contributed by atoms with Crippen molar-refractivity contribution in [3.05, 3.63) is 28.5 Å². The molecule has 0 saturated carbocycles. The molecule has 2 aromatic rings. The van der Waals surface area contributed by atoms with Crippen LogP contribution < -0.4 is 5.32 Å². The Balaban J connectivity index is 0.000000816. The Kier molecular flexibility index (Phi) is 7.61. The highest BCUT2D eigenvalue weighted by atomic mass is 79.9. The lowest BCUT2D eigenvalue weighted by molar-refractivity contribution is -0.106. The fourth-order valence-corrected chi connectivity index (χ4v) is 2.61. The van der Waals surface area contributed by atoms with E-state index in [0.29, 0.717) is 16.7 Å². The number of fused-ring (bicyclic) bond motifs is 1. The van der Waals surface area contributed by atoms with Gasteiger partial charge in [0.2, 0.25) is 0 Å². The van der Waals surface area contributed by atoms with E-state index in [1.165, 1.54) is 17.5 Å². The number of carbonyl (C=O) groups excluding carboxylic acids is 1. The second-order valence-corrected chi connectivity index (χ2v) is 5.84. The van der Waals surface area contributed by atoms with Gasteiger partial charge in [-0.1, -0.05) is 5.92 Å². The van der Waals surface area contributed by atoms with E-state index in [0.717, 1.165) is 6.29 Å². The van der Waals surface area contributed by atoms with Crippen LogP contribution in [-0.2, 0) is 4.79 Å². The maximum absolute atomic E-state index is 12.7. The topological polar surface area (TPSA) is 46.4 Å². The molecular formula is C14H13BrF3N3OS. The smallest absolute Gasteiger partial charge is 0.309 e. The molecule has 0 aliphatic carbocycles. The average Bonchev–Trinajstić information content (AvgIpc) is 2.78. The number of halogens is 4. The largest absolute Gasteiger partial charge is 0.447 e. The van der Waals surface area contributed by atoms with Crippen molar-refractivity contribution in [2.75, 3.05) is 13.6 Å². The molecule has 2 aromatic heterocycles. The van der Waals surface area contributed by atoms with Gasteiger partial charge in [0.25, 0.3) is 0 Å². The van der Waals surface area contributed by atoms with Crippen molar-refractivity contribution in [2.45, 2.75) is 17.5 Å². The van der Waals surface area contributed by atoms with E-state index >= 15 is 0 Å². The lowest BCUT2D eigenvalue weighted by Crippen LogP contribution is -2.04. The minimum absolute atomic E-state index is 0.0302. The first kappa shape index (κ1) is 19.5. The number of nitrogens with zero attached hydrogens (tertiary/aromatic N) is 2. The lowest BCUT2D eigenvalue weighted by Gasteiger charge is -2.05. The van der Waals surface area contributed by atoms with Gasteiger partial charge in [0.05, 0.1) is 11.0 Å². The van der Waals surface area contributed by atoms with E-state index in [2.05, 4.69) is 38.1 Å². The summed E-state index contributed by atoms with van der Waals surface area (Å²) < 4.78 is 40.0. The lowest BCUT2D eigenvalue weighted by atomic mass is 10.4. The number of rotatable bonds is 2. The number of carbonyl (C=O) groups is 1. The fourth-order valence-electron chi connectivity index (χ4n) is 1.52. The summed E-state index contributed by atoms with van der Waals surface area (Å²) in [4.78, 5) is 13.0. The van der Waals surface area contributed by atoms with Gasteiger partial charge in [-0.05, 0) is 48.0 Å². The summed E-state index contributed by atoms with van der Waals surface area (Å²) in [5.41, 5.74) is -3.86. The molecule has 0 radical (unpaired) electrons. The van der Waals surface area contributed by atoms with E-state index in [9.17, 15) is 13.2 Å². The SMILES string of the molecule is CC=O.CNCC#Cc1nc2c(Br)cccn2c1SC(F)(F)F. The van der Waals surface area contributed by atoms with Crippen molar-refractivity contribution in [1.29, 1.82) is 0 Å². The standard InChI is InChI=1S/C12H9BrF3N3S.C2H4O/c1-17-6-2-5-9-11(20-12(14,15)16)19-7-3-4-8(13)10(19)18-9;1-2-3/h3-4,7,17H,6H2,1H3;2H,1H3. The fraction of sp³-hybridized carbons (Fsp3) is 0.286. The van der Waals surface area contributed by atoms with Gasteiger partial charge in [0.15, 0.2) is 5.65 Å². The zero-order valence-corrected chi connectivity index (χ0v) is 14.6. The molecule has 0 spiro atoms. The van der Waals surface area contributed by atoms with Crippen LogP contribution in [0, 0.1) is 11.8 Å². The molecule has 0 amide bonds. The van der Waals surface area contributed by atoms with E-state index in [-0.39, 0.29) is 22.5 Å². The molecule has 0 saturated heterocycles. The number of alkyl halides is 3. The Bertz CT molecular complexity index is 734. The van der Waals surface area contributed by atoms with E-state index in [1.54, 1.807) is 19.2 Å². The Morgan fingerprint density at radius 2 is 2.17 bits per heavy atom. The predicted octanol–water partition coefficient (Wildman–Crippen LogP) is 3.48. The van der Waals surface area contributed by atoms with Gasteiger partial charge in [-0.15, -0.1) is 0 Å². The van der Waals surface area contributed by atoms with Crippen LogP contribution in [-0.4, -0.2) is 34.8 Å². The number of aromatic nitrogens is 2. The Morgan fingerprint density at radius 1 is 1.52 bits per heavy atom. The summed E-state index contributed by atoms with van der Waals surface area (Å²) in [5.74, 6) is 5.39. The third kappa shape index (κ3) is 5.89. The summed E-state index contributed by atoms with van der Waals surface area (Å²) in [6.45, 7) is 1.82. The van der Waals surface area contributed by atoms with Crippen molar-refractivity contribution in [1.82, 2.24) is 14.7 Å². The summed E-state index contributed by atoms with van der Waals surface area (Å²) in [7, 11) is 1.71. The normalized spacial score (nSPS) is 10.5. The first-order valence-electron chi connectivity index (χ1n) is 6.29. The number of pyridine rings is 1. The highest BCUT2D eigenvalue weighted by molar-refractivity contribution is 9.10. The molecule has 0 aliphatic rings. The first-order chi connectivity index (χ1) is 10.8. The summed E-state index contributed by atoms with van der Waals surface area (Å²) in [5, 5.41) is 2.77. The number of thioether (sulfide) groups is 1. The second kappa shape index (κ2) is 8.96. The second-order valence-electron chi connectivity index (χ2n) is 3.93. The molecule has 0 aromatic carbocycles. The van der Waals surface area contributed by atoms with Crippen LogP contribution in [0.5, 0.6) is 0 Å². The van der Waals surface area contributed by atoms with E-state index in [1.807, 2.05) is 0 Å². The predicted molar refractivity (Wildman–Crippen MR) is 87.3 cm³/mol. The first-order valence-corrected chi connectivity index (χ1v) is 7.90. The minimum atomic E-state index is -4.39. The number of nitrogens with one attached hydrogen (secondary N) is 1. The maximum Gasteiger partial charge on any atom is 0.447 e. The monoisotopic (exact) mass is 407 g/mol. The highest BCUT2D eigenvalue weighted by Gasteiger charge is 2.33. The molecule has 124 valence electrons. The van der Waals surface area contributed by atoms with Crippen molar-refractivity contribution in [2.24, 2.45) is 0 Å². The van der Waals surface area contributed by atoms with Crippen LogP contribution in [0.4, 0.5) is 13.2 Å². The van der Waals surface area contributed by atoms with Crippen LogP contribution in [0.3, 0.4) is 0 Å². The van der Waals surface area contributed by atoms with Crippen LogP contribution in [0.15, 0.2) is 27.8 Å². The minimum Gasteiger partial charge on any atom is -0.309 e. The Labute approximate surface area is 144 Å². The van der Waals surface area contributed by atoms with E-state index in [4.69, 9.17) is 4.79 Å². The van der Waals surface area contributed by atoms with Gasteiger partial charge in [-0.25, -0.2) is 4.98 Å². The molecular weight excluding hydrogens is 395 g/mol. The number of imidazole rings is 1. The molecule has 2 rings (SSSR count). The van der Waals surface area contributed by atoms with Gasteiger partial charge in [0.1, 0.15) is 17.0 Å². The van der Waals surface area contributed by atoms with Gasteiger partial charge in [0, 0.05) is 18.0 Å². The zero-order chi connectivity index (χ0) is 17.5.